The molecular formula is C10H16N4O3S2. The number of rotatable bonds is 3. The fourth-order valence-corrected chi connectivity index (χ4v) is 3.67. The van der Waals surface area contributed by atoms with Crippen LogP contribution in [0.15, 0.2) is 10.4 Å². The highest BCUT2D eigenvalue weighted by Gasteiger charge is 2.27. The largest absolute Gasteiger partial charge is 0.359 e. The van der Waals surface area contributed by atoms with Crippen LogP contribution in [-0.2, 0) is 14.8 Å². The van der Waals surface area contributed by atoms with Crippen LogP contribution in [0.2, 0.25) is 0 Å². The number of nitrogens with two attached hydrogens (primary N) is 1. The van der Waals surface area contributed by atoms with Gasteiger partial charge in [0, 0.05) is 20.1 Å². The van der Waals surface area contributed by atoms with Gasteiger partial charge in [0.25, 0.3) is 0 Å². The van der Waals surface area contributed by atoms with Gasteiger partial charge in [0.05, 0.1) is 12.1 Å². The van der Waals surface area contributed by atoms with Crippen LogP contribution in [-0.4, -0.2) is 39.4 Å². The van der Waals surface area contributed by atoms with Crippen molar-refractivity contribution in [1.29, 1.82) is 0 Å². The predicted molar refractivity (Wildman–Crippen MR) is 72.5 cm³/mol. The Kier molecular flexibility index (Phi) is 4.07. The Balaban J connectivity index is 2.14. The number of aromatic nitrogens is 1. The molecule has 0 bridgehead atoms. The number of carbonyl (C=O) groups excluding carboxylic acids is 1. The monoisotopic (exact) mass is 304 g/mol. The lowest BCUT2D eigenvalue weighted by molar-refractivity contribution is -0.124. The second kappa shape index (κ2) is 5.43. The number of thiazole rings is 1. The SMILES string of the molecule is CNC(=O)C1CCCN(c2ncc(S(N)(=O)=O)s2)C1. The summed E-state index contributed by atoms with van der Waals surface area (Å²) in [5.41, 5.74) is 0. The average Bonchev–Trinajstić information content (AvgIpc) is 2.87. The fraction of sp³-hybridized carbons (Fsp3) is 0.600. The third-order valence-corrected chi connectivity index (χ3v) is 5.53. The summed E-state index contributed by atoms with van der Waals surface area (Å²) in [6, 6.07) is 0. The topological polar surface area (TPSA) is 105 Å². The van der Waals surface area contributed by atoms with E-state index in [2.05, 4.69) is 10.3 Å². The number of carbonyl (C=O) groups is 1. The molecule has 2 heterocycles. The van der Waals surface area contributed by atoms with Crippen molar-refractivity contribution in [2.24, 2.45) is 11.1 Å². The molecule has 106 valence electrons. The minimum Gasteiger partial charge on any atom is -0.359 e. The molecule has 2 rings (SSSR count). The molecule has 7 nitrogen and oxygen atoms in total. The summed E-state index contributed by atoms with van der Waals surface area (Å²) in [4.78, 5) is 17.7. The summed E-state index contributed by atoms with van der Waals surface area (Å²) in [5, 5.41) is 8.29. The normalized spacial score (nSPS) is 20.3. The van der Waals surface area contributed by atoms with Crippen molar-refractivity contribution >= 4 is 32.4 Å². The first-order valence-corrected chi connectivity index (χ1v) is 8.23. The van der Waals surface area contributed by atoms with Crippen LogP contribution in [0.25, 0.3) is 0 Å². The third-order valence-electron chi connectivity index (χ3n) is 3.06. The van der Waals surface area contributed by atoms with E-state index in [0.717, 1.165) is 30.7 Å². The van der Waals surface area contributed by atoms with Crippen LogP contribution in [0.4, 0.5) is 5.13 Å². The van der Waals surface area contributed by atoms with E-state index in [1.807, 2.05) is 4.90 Å². The van der Waals surface area contributed by atoms with Gasteiger partial charge in [-0.15, -0.1) is 0 Å². The molecule has 19 heavy (non-hydrogen) atoms. The third kappa shape index (κ3) is 3.23. The van der Waals surface area contributed by atoms with Crippen LogP contribution in [0.1, 0.15) is 12.8 Å². The van der Waals surface area contributed by atoms with E-state index in [1.54, 1.807) is 7.05 Å². The number of amides is 1. The van der Waals surface area contributed by atoms with Crippen LogP contribution in [0.5, 0.6) is 0 Å². The van der Waals surface area contributed by atoms with E-state index in [0.29, 0.717) is 11.7 Å². The molecule has 1 amide bonds. The molecule has 0 radical (unpaired) electrons. The summed E-state index contributed by atoms with van der Waals surface area (Å²) in [6.07, 6.45) is 2.98. The van der Waals surface area contributed by atoms with Gasteiger partial charge in [0.2, 0.25) is 15.9 Å². The molecule has 0 aliphatic carbocycles. The first-order chi connectivity index (χ1) is 8.91. The van der Waals surface area contributed by atoms with Crippen molar-refractivity contribution in [3.8, 4) is 0 Å². The van der Waals surface area contributed by atoms with Crippen LogP contribution < -0.4 is 15.4 Å². The first-order valence-electron chi connectivity index (χ1n) is 5.87. The van der Waals surface area contributed by atoms with Crippen LogP contribution in [0, 0.1) is 5.92 Å². The van der Waals surface area contributed by atoms with Gasteiger partial charge in [-0.25, -0.2) is 18.5 Å². The molecule has 1 fully saturated rings. The quantitative estimate of drug-likeness (QED) is 0.801. The van der Waals surface area contributed by atoms with E-state index in [1.165, 1.54) is 6.20 Å². The summed E-state index contributed by atoms with van der Waals surface area (Å²) in [7, 11) is -2.09. The summed E-state index contributed by atoms with van der Waals surface area (Å²) in [6.45, 7) is 1.32. The second-order valence-electron chi connectivity index (χ2n) is 4.41. The van der Waals surface area contributed by atoms with E-state index in [4.69, 9.17) is 5.14 Å². The van der Waals surface area contributed by atoms with Crippen molar-refractivity contribution in [3.63, 3.8) is 0 Å². The Bertz CT molecular complexity index is 569. The molecule has 0 saturated carbocycles. The van der Waals surface area contributed by atoms with Gasteiger partial charge >= 0.3 is 0 Å². The highest BCUT2D eigenvalue weighted by atomic mass is 32.2. The van der Waals surface area contributed by atoms with Gasteiger partial charge in [-0.05, 0) is 12.8 Å². The maximum Gasteiger partial charge on any atom is 0.249 e. The lowest BCUT2D eigenvalue weighted by atomic mass is 9.98. The van der Waals surface area contributed by atoms with Crippen molar-refractivity contribution < 1.29 is 13.2 Å². The minimum absolute atomic E-state index is 0.00734. The molecule has 1 saturated heterocycles. The highest BCUT2D eigenvalue weighted by molar-refractivity contribution is 7.91. The zero-order valence-corrected chi connectivity index (χ0v) is 12.1. The van der Waals surface area contributed by atoms with Crippen molar-refractivity contribution in [2.75, 3.05) is 25.0 Å². The molecule has 9 heteroatoms. The standard InChI is InChI=1S/C10H16N4O3S2/c1-12-9(15)7-3-2-4-14(6-7)10-13-5-8(18-10)19(11,16)17/h5,7H,2-4,6H2,1H3,(H,12,15)(H2,11,16,17). The molecule has 3 N–H and O–H groups in total. The maximum atomic E-state index is 11.6. The number of nitrogens with zero attached hydrogens (tertiary/aromatic N) is 2. The smallest absolute Gasteiger partial charge is 0.249 e. The van der Waals surface area contributed by atoms with Crippen LogP contribution >= 0.6 is 11.3 Å². The molecule has 1 aliphatic rings. The van der Waals surface area contributed by atoms with Gasteiger partial charge in [0.15, 0.2) is 9.34 Å². The summed E-state index contributed by atoms with van der Waals surface area (Å²) >= 11 is 1.04. The summed E-state index contributed by atoms with van der Waals surface area (Å²) in [5.74, 6) is -0.0755. The number of nitrogens with one attached hydrogen (secondary N) is 1. The van der Waals surface area contributed by atoms with E-state index in [9.17, 15) is 13.2 Å². The van der Waals surface area contributed by atoms with Gasteiger partial charge in [-0.2, -0.15) is 0 Å². The Labute approximate surface area is 115 Å². The van der Waals surface area contributed by atoms with E-state index in [-0.39, 0.29) is 16.0 Å². The van der Waals surface area contributed by atoms with Crippen molar-refractivity contribution in [3.05, 3.63) is 6.20 Å². The lowest BCUT2D eigenvalue weighted by Crippen LogP contribution is -2.42. The molecule has 1 aromatic heterocycles. The Morgan fingerprint density at radius 3 is 2.95 bits per heavy atom. The van der Waals surface area contributed by atoms with Crippen molar-refractivity contribution in [1.82, 2.24) is 10.3 Å². The molecule has 1 atom stereocenters. The van der Waals surface area contributed by atoms with Crippen molar-refractivity contribution in [2.45, 2.75) is 17.1 Å². The number of primary sulfonamides is 1. The Hall–Kier alpha value is -1.19. The molecule has 0 aromatic carbocycles. The van der Waals surface area contributed by atoms with Gasteiger partial charge < -0.3 is 10.2 Å². The van der Waals surface area contributed by atoms with E-state index >= 15 is 0 Å². The first kappa shape index (κ1) is 14.2. The van der Waals surface area contributed by atoms with Gasteiger partial charge in [0.1, 0.15) is 0 Å². The second-order valence-corrected chi connectivity index (χ2v) is 7.20. The zero-order chi connectivity index (χ0) is 14.0. The number of piperidine rings is 1. The Morgan fingerprint density at radius 2 is 2.37 bits per heavy atom. The summed E-state index contributed by atoms with van der Waals surface area (Å²) < 4.78 is 22.5. The fourth-order valence-electron chi connectivity index (χ4n) is 2.10. The van der Waals surface area contributed by atoms with E-state index < -0.39 is 10.0 Å². The predicted octanol–water partition coefficient (Wildman–Crippen LogP) is -0.247. The molecule has 1 unspecified atom stereocenters. The highest BCUT2D eigenvalue weighted by Crippen LogP contribution is 2.29. The van der Waals surface area contributed by atoms with Gasteiger partial charge in [-0.3, -0.25) is 4.79 Å². The lowest BCUT2D eigenvalue weighted by Gasteiger charge is -2.31. The number of hydrogen-bond donors (Lipinski definition) is 2. The molecular weight excluding hydrogens is 288 g/mol. The minimum atomic E-state index is -3.71. The van der Waals surface area contributed by atoms with Gasteiger partial charge in [-0.1, -0.05) is 11.3 Å². The number of hydrogen-bond acceptors (Lipinski definition) is 6. The molecule has 1 aromatic rings. The molecule has 0 spiro atoms. The Morgan fingerprint density at radius 1 is 1.63 bits per heavy atom. The number of anilines is 1. The van der Waals surface area contributed by atoms with Crippen LogP contribution in [0.3, 0.4) is 0 Å². The molecule has 1 aliphatic heterocycles. The zero-order valence-electron chi connectivity index (χ0n) is 10.5. The maximum absolute atomic E-state index is 11.6. The number of sulfonamides is 1. The average molecular weight is 304 g/mol.